The molecular formula is C27H31NO5. The Bertz CT molecular complexity index is 1170. The molecule has 6 nitrogen and oxygen atoms in total. The molecule has 174 valence electrons. The Balaban J connectivity index is 1.91. The van der Waals surface area contributed by atoms with Crippen LogP contribution in [-0.2, 0) is 17.6 Å². The van der Waals surface area contributed by atoms with Crippen LogP contribution in [0.5, 0.6) is 17.2 Å². The number of rotatable bonds is 6. The molecule has 0 atom stereocenters. The highest BCUT2D eigenvalue weighted by atomic mass is 16.5. The van der Waals surface area contributed by atoms with Gasteiger partial charge in [-0.25, -0.2) is 4.79 Å². The lowest BCUT2D eigenvalue weighted by Crippen LogP contribution is -2.30. The van der Waals surface area contributed by atoms with Gasteiger partial charge in [-0.3, -0.25) is 4.99 Å². The standard InChI is InChI=1S/C27H31NO5/c1-7-32-21-13-18-14-26(2,3)28-24(23(18)19-15-27(4,5)33-25(19)21)17-9-8-16(10-11-22(29)30)20(12-17)31-6/h8-13H,7,14-15H2,1-6H3,(H,29,30). The number of nitrogens with zero attached hydrogens (tertiary/aromatic N) is 1. The SMILES string of the molecule is CCOc1cc2c(c3c1OC(C)(C)C3)C(c1ccc(C=CC(=O)O)c(OC)c1)=NC(C)(C)C2. The fraction of sp³-hybridized carbons (Fsp3) is 0.407. The summed E-state index contributed by atoms with van der Waals surface area (Å²) >= 11 is 0. The van der Waals surface area contributed by atoms with Gasteiger partial charge in [0.1, 0.15) is 11.4 Å². The van der Waals surface area contributed by atoms with Crippen LogP contribution in [0, 0.1) is 0 Å². The molecule has 2 aromatic rings. The summed E-state index contributed by atoms with van der Waals surface area (Å²) in [5, 5.41) is 8.99. The van der Waals surface area contributed by atoms with Crippen molar-refractivity contribution >= 4 is 17.8 Å². The molecule has 0 amide bonds. The first-order chi connectivity index (χ1) is 15.5. The summed E-state index contributed by atoms with van der Waals surface area (Å²) in [6, 6.07) is 7.87. The maximum atomic E-state index is 11.0. The molecule has 2 aliphatic rings. The smallest absolute Gasteiger partial charge is 0.328 e. The fourth-order valence-electron chi connectivity index (χ4n) is 4.70. The third-order valence-electron chi connectivity index (χ3n) is 5.89. The molecule has 33 heavy (non-hydrogen) atoms. The molecule has 0 bridgehead atoms. The van der Waals surface area contributed by atoms with E-state index in [1.807, 2.05) is 25.1 Å². The highest BCUT2D eigenvalue weighted by Crippen LogP contribution is 2.48. The van der Waals surface area contributed by atoms with Crippen LogP contribution in [0.4, 0.5) is 0 Å². The van der Waals surface area contributed by atoms with Crippen LogP contribution in [0.25, 0.3) is 6.08 Å². The third kappa shape index (κ3) is 4.47. The van der Waals surface area contributed by atoms with E-state index in [0.29, 0.717) is 17.9 Å². The minimum atomic E-state index is -1.00. The summed E-state index contributed by atoms with van der Waals surface area (Å²) in [6.07, 6.45) is 4.21. The van der Waals surface area contributed by atoms with Crippen LogP contribution in [0.15, 0.2) is 35.3 Å². The van der Waals surface area contributed by atoms with Gasteiger partial charge >= 0.3 is 5.97 Å². The summed E-state index contributed by atoms with van der Waals surface area (Å²) < 4.78 is 17.9. The van der Waals surface area contributed by atoms with E-state index in [9.17, 15) is 4.79 Å². The molecule has 0 spiro atoms. The average molecular weight is 450 g/mol. The van der Waals surface area contributed by atoms with Crippen molar-refractivity contribution < 1.29 is 24.1 Å². The van der Waals surface area contributed by atoms with Crippen molar-refractivity contribution in [3.8, 4) is 17.2 Å². The highest BCUT2D eigenvalue weighted by Gasteiger charge is 2.39. The molecule has 6 heteroatoms. The van der Waals surface area contributed by atoms with Gasteiger partial charge in [0.2, 0.25) is 0 Å². The van der Waals surface area contributed by atoms with Crippen LogP contribution in [0.3, 0.4) is 0 Å². The predicted octanol–water partition coefficient (Wildman–Crippen LogP) is 5.08. The fourth-order valence-corrected chi connectivity index (χ4v) is 4.70. The van der Waals surface area contributed by atoms with Crippen LogP contribution in [0.2, 0.25) is 0 Å². The van der Waals surface area contributed by atoms with Gasteiger partial charge < -0.3 is 19.3 Å². The quantitative estimate of drug-likeness (QED) is 0.623. The summed E-state index contributed by atoms with van der Waals surface area (Å²) in [5.41, 5.74) is 5.33. The highest BCUT2D eigenvalue weighted by molar-refractivity contribution is 6.16. The lowest BCUT2D eigenvalue weighted by atomic mass is 9.81. The zero-order chi connectivity index (χ0) is 24.0. The number of aliphatic imine (C=N–C) groups is 1. The maximum absolute atomic E-state index is 11.0. The van der Waals surface area contributed by atoms with E-state index in [2.05, 4.69) is 33.8 Å². The van der Waals surface area contributed by atoms with Gasteiger partial charge in [0.15, 0.2) is 11.5 Å². The number of hydrogen-bond acceptors (Lipinski definition) is 5. The second kappa shape index (κ2) is 8.25. The van der Waals surface area contributed by atoms with Crippen molar-refractivity contribution in [1.82, 2.24) is 0 Å². The number of carboxylic acid groups (broad SMARTS) is 1. The van der Waals surface area contributed by atoms with E-state index in [1.165, 1.54) is 11.6 Å². The van der Waals surface area contributed by atoms with E-state index in [-0.39, 0.29) is 11.1 Å². The van der Waals surface area contributed by atoms with Crippen LogP contribution in [0.1, 0.15) is 62.4 Å². The van der Waals surface area contributed by atoms with Crippen molar-refractivity contribution in [1.29, 1.82) is 0 Å². The van der Waals surface area contributed by atoms with Crippen LogP contribution in [-0.4, -0.2) is 41.6 Å². The van der Waals surface area contributed by atoms with Crippen molar-refractivity contribution in [3.05, 3.63) is 58.2 Å². The molecule has 0 saturated heterocycles. The van der Waals surface area contributed by atoms with Gasteiger partial charge in [0, 0.05) is 34.8 Å². The van der Waals surface area contributed by atoms with E-state index >= 15 is 0 Å². The minimum absolute atomic E-state index is 0.288. The van der Waals surface area contributed by atoms with Gasteiger partial charge in [0.25, 0.3) is 0 Å². The largest absolute Gasteiger partial charge is 0.496 e. The first-order valence-corrected chi connectivity index (χ1v) is 11.2. The second-order valence-electron chi connectivity index (χ2n) is 9.77. The number of methoxy groups -OCH3 is 1. The van der Waals surface area contributed by atoms with Crippen LogP contribution < -0.4 is 14.2 Å². The number of hydrogen-bond donors (Lipinski definition) is 1. The Morgan fingerprint density at radius 1 is 1.18 bits per heavy atom. The number of ether oxygens (including phenoxy) is 3. The molecule has 2 heterocycles. The molecule has 0 aliphatic carbocycles. The summed E-state index contributed by atoms with van der Waals surface area (Å²) in [4.78, 5) is 16.1. The normalized spacial score (nSPS) is 17.7. The van der Waals surface area contributed by atoms with Crippen molar-refractivity contribution in [2.45, 2.75) is 58.6 Å². The monoisotopic (exact) mass is 449 g/mol. The Kier molecular flexibility index (Phi) is 5.72. The molecule has 1 N–H and O–H groups in total. The van der Waals surface area contributed by atoms with Crippen molar-refractivity contribution in [2.24, 2.45) is 4.99 Å². The number of fused-ring (bicyclic) bond motifs is 3. The third-order valence-corrected chi connectivity index (χ3v) is 5.89. The van der Waals surface area contributed by atoms with Gasteiger partial charge in [-0.15, -0.1) is 0 Å². The summed E-state index contributed by atoms with van der Waals surface area (Å²) in [5.74, 6) is 1.19. The second-order valence-corrected chi connectivity index (χ2v) is 9.77. The molecule has 4 rings (SSSR count). The zero-order valence-corrected chi connectivity index (χ0v) is 20.1. The molecule has 0 radical (unpaired) electrons. The van der Waals surface area contributed by atoms with E-state index in [4.69, 9.17) is 24.3 Å². The molecule has 2 aliphatic heterocycles. The Labute approximate surface area is 194 Å². The minimum Gasteiger partial charge on any atom is -0.496 e. The van der Waals surface area contributed by atoms with Crippen molar-refractivity contribution in [3.63, 3.8) is 0 Å². The lowest BCUT2D eigenvalue weighted by molar-refractivity contribution is -0.131. The molecule has 2 aromatic carbocycles. The van der Waals surface area contributed by atoms with Gasteiger partial charge in [-0.2, -0.15) is 0 Å². The number of benzene rings is 2. The molecule has 0 fully saturated rings. The van der Waals surface area contributed by atoms with E-state index < -0.39 is 5.97 Å². The van der Waals surface area contributed by atoms with Gasteiger partial charge in [-0.05, 0) is 64.8 Å². The average Bonchev–Trinajstić information content (AvgIpc) is 3.06. The van der Waals surface area contributed by atoms with E-state index in [1.54, 1.807) is 7.11 Å². The Morgan fingerprint density at radius 2 is 1.94 bits per heavy atom. The number of carboxylic acids is 1. The number of carbonyl (C=O) groups is 1. The zero-order valence-electron chi connectivity index (χ0n) is 20.1. The van der Waals surface area contributed by atoms with Gasteiger partial charge in [-0.1, -0.05) is 12.1 Å². The van der Waals surface area contributed by atoms with E-state index in [0.717, 1.165) is 52.8 Å². The van der Waals surface area contributed by atoms with Crippen molar-refractivity contribution in [2.75, 3.05) is 13.7 Å². The first kappa shape index (κ1) is 22.9. The molecule has 0 aromatic heterocycles. The number of aliphatic carboxylic acids is 1. The summed E-state index contributed by atoms with van der Waals surface area (Å²) in [6.45, 7) is 11.0. The first-order valence-electron chi connectivity index (χ1n) is 11.2. The maximum Gasteiger partial charge on any atom is 0.328 e. The molecule has 0 saturated carbocycles. The molecule has 0 unspecified atom stereocenters. The topological polar surface area (TPSA) is 77.4 Å². The Hall–Kier alpha value is -3.28. The molecular weight excluding hydrogens is 418 g/mol. The summed E-state index contributed by atoms with van der Waals surface area (Å²) in [7, 11) is 1.58. The van der Waals surface area contributed by atoms with Crippen LogP contribution >= 0.6 is 0 Å². The Morgan fingerprint density at radius 3 is 2.61 bits per heavy atom. The lowest BCUT2D eigenvalue weighted by Gasteiger charge is -2.31. The van der Waals surface area contributed by atoms with Gasteiger partial charge in [0.05, 0.1) is 25.0 Å². The predicted molar refractivity (Wildman–Crippen MR) is 129 cm³/mol.